The molecule has 0 saturated carbocycles. The van der Waals surface area contributed by atoms with Gasteiger partial charge in [0.15, 0.2) is 0 Å². The molecule has 2 amide bonds. The average molecular weight is 630 g/mol. The van der Waals surface area contributed by atoms with E-state index in [1.165, 1.54) is 23.9 Å². The van der Waals surface area contributed by atoms with Gasteiger partial charge in [0.25, 0.3) is 0 Å². The fourth-order valence-corrected chi connectivity index (χ4v) is 5.02. The molecule has 0 radical (unpaired) electrons. The van der Waals surface area contributed by atoms with Crippen molar-refractivity contribution < 1.29 is 23.5 Å². The monoisotopic (exact) mass is 628 g/mol. The van der Waals surface area contributed by atoms with Crippen LogP contribution in [0.1, 0.15) is 24.5 Å². The van der Waals surface area contributed by atoms with Crippen molar-refractivity contribution in [3.05, 3.63) is 65.5 Å². The molecule has 0 aliphatic heterocycles. The Labute approximate surface area is 255 Å². The molecule has 12 heteroatoms. The predicted octanol–water partition coefficient (Wildman–Crippen LogP) is 3.51. The summed E-state index contributed by atoms with van der Waals surface area (Å²) >= 11 is 13.5. The number of ether oxygens (including phenoxy) is 1. The minimum atomic E-state index is -1.03. The van der Waals surface area contributed by atoms with Crippen LogP contribution in [-0.4, -0.2) is 79.4 Å². The van der Waals surface area contributed by atoms with Crippen molar-refractivity contribution in [2.24, 2.45) is 5.73 Å². The molecule has 0 unspecified atom stereocenters. The number of alkyl halides is 2. The van der Waals surface area contributed by atoms with Crippen molar-refractivity contribution in [1.82, 2.24) is 10.6 Å². The number of benzene rings is 2. The lowest BCUT2D eigenvalue weighted by Crippen LogP contribution is -2.55. The molecule has 0 fully saturated rings. The Morgan fingerprint density at radius 2 is 1.63 bits per heavy atom. The van der Waals surface area contributed by atoms with Crippen molar-refractivity contribution in [2.75, 3.05) is 48.4 Å². The number of esters is 1. The largest absolute Gasteiger partial charge is 0.464 e. The maximum atomic E-state index is 13.5. The van der Waals surface area contributed by atoms with Gasteiger partial charge in [0.05, 0.1) is 12.6 Å². The van der Waals surface area contributed by atoms with Crippen LogP contribution in [0.2, 0.25) is 0 Å². The van der Waals surface area contributed by atoms with E-state index in [1.807, 2.05) is 35.4 Å². The Morgan fingerprint density at radius 1 is 0.976 bits per heavy atom. The zero-order valence-electron chi connectivity index (χ0n) is 23.4. The van der Waals surface area contributed by atoms with E-state index in [4.69, 9.17) is 33.7 Å². The van der Waals surface area contributed by atoms with Crippen molar-refractivity contribution in [3.8, 4) is 0 Å². The van der Waals surface area contributed by atoms with E-state index >= 15 is 0 Å². The third-order valence-corrected chi connectivity index (χ3v) is 7.24. The SMILES string of the molecule is CCOC(=O)[C@@H](CCSC)NC(=O)[C@@H](Cc1cccc(N(CCCl)CCCl)c1)NC(=O)[C@@H](N)Cc1ccc(F)cc1. The fourth-order valence-electron chi connectivity index (χ4n) is 4.14. The zero-order chi connectivity index (χ0) is 30.2. The second-order valence-electron chi connectivity index (χ2n) is 9.33. The van der Waals surface area contributed by atoms with Crippen LogP contribution in [0.25, 0.3) is 0 Å². The normalized spacial score (nSPS) is 13.1. The van der Waals surface area contributed by atoms with Crippen LogP contribution in [0.3, 0.4) is 0 Å². The molecule has 4 N–H and O–H groups in total. The van der Waals surface area contributed by atoms with Gasteiger partial charge in [0, 0.05) is 37.0 Å². The third kappa shape index (κ3) is 12.1. The summed E-state index contributed by atoms with van der Waals surface area (Å²) in [7, 11) is 0. The molecule has 41 heavy (non-hydrogen) atoms. The average Bonchev–Trinajstić information content (AvgIpc) is 2.96. The van der Waals surface area contributed by atoms with Gasteiger partial charge in [-0.25, -0.2) is 9.18 Å². The number of thioether (sulfide) groups is 1. The first kappa shape index (κ1) is 34.7. The molecule has 0 aliphatic rings. The molecule has 0 heterocycles. The minimum absolute atomic E-state index is 0.141. The van der Waals surface area contributed by atoms with Gasteiger partial charge >= 0.3 is 5.97 Å². The van der Waals surface area contributed by atoms with Gasteiger partial charge in [0.2, 0.25) is 11.8 Å². The Morgan fingerprint density at radius 3 is 2.24 bits per heavy atom. The number of carbonyl (C=O) groups is 3. The van der Waals surface area contributed by atoms with Gasteiger partial charge in [-0.3, -0.25) is 9.59 Å². The molecule has 226 valence electrons. The van der Waals surface area contributed by atoms with Crippen LogP contribution in [0.5, 0.6) is 0 Å². The van der Waals surface area contributed by atoms with E-state index in [9.17, 15) is 18.8 Å². The summed E-state index contributed by atoms with van der Waals surface area (Å²) < 4.78 is 18.5. The van der Waals surface area contributed by atoms with Crippen molar-refractivity contribution in [3.63, 3.8) is 0 Å². The fraction of sp³-hybridized carbons (Fsp3) is 0.483. The van der Waals surface area contributed by atoms with Gasteiger partial charge in [-0.2, -0.15) is 11.8 Å². The molecule has 2 aromatic rings. The lowest BCUT2D eigenvalue weighted by Gasteiger charge is -2.25. The van der Waals surface area contributed by atoms with E-state index in [0.717, 1.165) is 11.3 Å². The zero-order valence-corrected chi connectivity index (χ0v) is 25.7. The molecule has 2 aromatic carbocycles. The van der Waals surface area contributed by atoms with E-state index in [-0.39, 0.29) is 25.3 Å². The van der Waals surface area contributed by atoms with Gasteiger partial charge in [-0.05, 0) is 67.2 Å². The number of hydrogen-bond donors (Lipinski definition) is 3. The number of amides is 2. The third-order valence-electron chi connectivity index (χ3n) is 6.26. The highest BCUT2D eigenvalue weighted by atomic mass is 35.5. The second kappa shape index (κ2) is 18.8. The van der Waals surface area contributed by atoms with E-state index in [0.29, 0.717) is 42.6 Å². The van der Waals surface area contributed by atoms with Crippen LogP contribution >= 0.6 is 35.0 Å². The molecular weight excluding hydrogens is 590 g/mol. The molecule has 0 bridgehead atoms. The molecule has 0 aromatic heterocycles. The predicted molar refractivity (Wildman–Crippen MR) is 165 cm³/mol. The highest BCUT2D eigenvalue weighted by molar-refractivity contribution is 7.98. The lowest BCUT2D eigenvalue weighted by atomic mass is 10.0. The van der Waals surface area contributed by atoms with Crippen LogP contribution in [0.4, 0.5) is 10.1 Å². The number of carbonyl (C=O) groups excluding carboxylic acids is 3. The van der Waals surface area contributed by atoms with Crippen molar-refractivity contribution in [1.29, 1.82) is 0 Å². The summed E-state index contributed by atoms with van der Waals surface area (Å²) in [6, 6.07) is 10.4. The van der Waals surface area contributed by atoms with Gasteiger partial charge in [-0.1, -0.05) is 24.3 Å². The van der Waals surface area contributed by atoms with E-state index < -0.39 is 35.9 Å². The molecule has 0 spiro atoms. The second-order valence-corrected chi connectivity index (χ2v) is 11.1. The van der Waals surface area contributed by atoms with Gasteiger partial charge in [-0.15, -0.1) is 23.2 Å². The van der Waals surface area contributed by atoms with E-state index in [2.05, 4.69) is 10.6 Å². The summed E-state index contributed by atoms with van der Waals surface area (Å²) in [4.78, 5) is 41.3. The quantitative estimate of drug-likeness (QED) is 0.171. The topological polar surface area (TPSA) is 114 Å². The van der Waals surface area contributed by atoms with Crippen LogP contribution in [0.15, 0.2) is 48.5 Å². The summed E-state index contributed by atoms with van der Waals surface area (Å²) in [5.74, 6) is -0.545. The lowest BCUT2D eigenvalue weighted by molar-refractivity contribution is -0.147. The minimum Gasteiger partial charge on any atom is -0.464 e. The molecule has 0 saturated heterocycles. The molecule has 2 rings (SSSR count). The first-order chi connectivity index (χ1) is 19.7. The molecule has 8 nitrogen and oxygen atoms in total. The maximum absolute atomic E-state index is 13.5. The van der Waals surface area contributed by atoms with Gasteiger partial charge in [0.1, 0.15) is 17.9 Å². The van der Waals surface area contributed by atoms with Crippen molar-refractivity contribution >= 4 is 58.4 Å². The van der Waals surface area contributed by atoms with Crippen LogP contribution in [0, 0.1) is 5.82 Å². The first-order valence-corrected chi connectivity index (χ1v) is 15.9. The van der Waals surface area contributed by atoms with E-state index in [1.54, 1.807) is 19.1 Å². The Balaban J connectivity index is 2.29. The number of rotatable bonds is 18. The summed E-state index contributed by atoms with van der Waals surface area (Å²) in [6.07, 6.45) is 2.57. The molecule has 0 aliphatic carbocycles. The van der Waals surface area contributed by atoms with Crippen LogP contribution < -0.4 is 21.3 Å². The number of nitrogens with zero attached hydrogens (tertiary/aromatic N) is 1. The number of halogens is 3. The smallest absolute Gasteiger partial charge is 0.328 e. The first-order valence-electron chi connectivity index (χ1n) is 13.4. The maximum Gasteiger partial charge on any atom is 0.328 e. The van der Waals surface area contributed by atoms with Crippen LogP contribution in [-0.2, 0) is 32.0 Å². The number of nitrogens with one attached hydrogen (secondary N) is 2. The highest BCUT2D eigenvalue weighted by Gasteiger charge is 2.29. The molecule has 3 atom stereocenters. The standard InChI is InChI=1S/C29H39Cl2FN4O4S/c1-3-40-29(39)25(11-16-41-2)34-28(38)26(35-27(37)24(33)18-20-7-9-22(32)10-8-20)19-21-5-4-6-23(17-21)36(14-12-30)15-13-31/h4-10,17,24-26H,3,11-16,18-19,33H2,1-2H3,(H,34,38)(H,35,37)/t24-,25+,26+/m0/s1. The number of nitrogens with two attached hydrogens (primary N) is 1. The highest BCUT2D eigenvalue weighted by Crippen LogP contribution is 2.18. The Bertz CT molecular complexity index is 1110. The Kier molecular flexibility index (Phi) is 15.9. The number of anilines is 1. The summed E-state index contributed by atoms with van der Waals surface area (Å²) in [5.41, 5.74) is 8.51. The molecular formula is C29H39Cl2FN4O4S. The summed E-state index contributed by atoms with van der Waals surface area (Å²) in [5, 5.41) is 5.53. The van der Waals surface area contributed by atoms with Gasteiger partial charge < -0.3 is 26.0 Å². The van der Waals surface area contributed by atoms with Crippen molar-refractivity contribution in [2.45, 2.75) is 44.3 Å². The number of hydrogen-bond acceptors (Lipinski definition) is 7. The Hall–Kier alpha value is -2.53. The summed E-state index contributed by atoms with van der Waals surface area (Å²) in [6.45, 7) is 3.05.